The van der Waals surface area contributed by atoms with Gasteiger partial charge in [0, 0.05) is 20.8 Å². The zero-order valence-corrected chi connectivity index (χ0v) is 11.4. The third-order valence-corrected chi connectivity index (χ3v) is 0. The van der Waals surface area contributed by atoms with Gasteiger partial charge in [-0.05, 0) is 0 Å². The van der Waals surface area contributed by atoms with Gasteiger partial charge in [-0.15, -0.1) is 0 Å². The van der Waals surface area contributed by atoms with Crippen molar-refractivity contribution in [3.63, 3.8) is 0 Å². The fourth-order valence-corrected chi connectivity index (χ4v) is 0. The first-order chi connectivity index (χ1) is 6.00. The molecule has 0 amide bonds. The van der Waals surface area contributed by atoms with Crippen LogP contribution in [-0.2, 0) is 64.8 Å². The molecule has 0 spiro atoms. The Morgan fingerprint density at radius 3 is 0.588 bits per heavy atom. The molecule has 0 rings (SSSR count). The predicted molar refractivity (Wildman–Crippen MR) is 35.1 cm³/mol. The quantitative estimate of drug-likeness (QED) is 0.296. The summed E-state index contributed by atoms with van der Waals surface area (Å²) in [5.41, 5.74) is 0. The van der Waals surface area contributed by atoms with Crippen molar-refractivity contribution in [3.8, 4) is 0 Å². The normalized spacial score (nSPS) is 10.2. The van der Waals surface area contributed by atoms with Crippen LogP contribution in [0, 0.1) is 0 Å². The van der Waals surface area contributed by atoms with Crippen molar-refractivity contribution in [1.82, 2.24) is 0 Å². The Morgan fingerprint density at radius 1 is 0.588 bits per heavy atom. The number of rotatable bonds is 0. The standard InChI is InChI=1S/2Co.3H2O4S/c;;3*1-5(2,3)4/h;;3*(H2,1,2,3,4)/q2*+2;;;/p-4. The minimum absolute atomic E-state index is 0. The molecule has 0 atom stereocenters. The number of hydrogen-bond acceptors (Lipinski definition) is 10. The Labute approximate surface area is 117 Å². The van der Waals surface area contributed by atoms with Gasteiger partial charge in [0.1, 0.15) is 0 Å². The maximum absolute atomic E-state index is 8.74. The summed E-state index contributed by atoms with van der Waals surface area (Å²) in [6.45, 7) is 0. The topological polar surface area (TPSA) is 235 Å². The Morgan fingerprint density at radius 2 is 0.588 bits per heavy atom. The van der Waals surface area contributed by atoms with Crippen LogP contribution in [0.3, 0.4) is 0 Å². The van der Waals surface area contributed by atoms with Crippen molar-refractivity contribution in [3.05, 3.63) is 0 Å². The Balaban J connectivity index is -0.0000000400. The summed E-state index contributed by atoms with van der Waals surface area (Å²) in [5, 5.41) is 0. The molecule has 17 heteroatoms. The SMILES string of the molecule is O=S(=O)(O)O.O=S(=O)([O-])[O-].O=S(=O)([O-])[O-].[Co+2].[Co+2]. The first-order valence-electron chi connectivity index (χ1n) is 2.03. The van der Waals surface area contributed by atoms with Crippen molar-refractivity contribution in [2.75, 3.05) is 0 Å². The summed E-state index contributed by atoms with van der Waals surface area (Å²) in [7, 11) is -15.0. The van der Waals surface area contributed by atoms with E-state index in [0.29, 0.717) is 0 Å². The molecule has 17 heavy (non-hydrogen) atoms. The zero-order valence-electron chi connectivity index (χ0n) is 6.87. The van der Waals surface area contributed by atoms with Gasteiger partial charge in [-0.3, -0.25) is 25.9 Å². The van der Waals surface area contributed by atoms with E-state index in [1.165, 1.54) is 0 Å². The molecule has 0 aromatic rings. The van der Waals surface area contributed by atoms with Gasteiger partial charge in [-0.1, -0.05) is 0 Å². The summed E-state index contributed by atoms with van der Waals surface area (Å²) in [4.78, 5) is 0. The molecular formula is H2Co2O12S3. The molecule has 0 saturated heterocycles. The van der Waals surface area contributed by atoms with E-state index < -0.39 is 31.2 Å². The molecule has 0 aliphatic carbocycles. The zero-order chi connectivity index (χ0) is 13.5. The van der Waals surface area contributed by atoms with Gasteiger partial charge in [0.15, 0.2) is 0 Å². The van der Waals surface area contributed by atoms with Crippen LogP contribution in [-0.4, -0.2) is 52.6 Å². The second-order valence-electron chi connectivity index (χ2n) is 1.26. The van der Waals surface area contributed by atoms with E-state index in [9.17, 15) is 0 Å². The monoisotopic (exact) mass is 408 g/mol. The predicted octanol–water partition coefficient (Wildman–Crippen LogP) is -3.33. The largest absolute Gasteiger partial charge is 2.00 e. The van der Waals surface area contributed by atoms with Gasteiger partial charge in [0.05, 0.1) is 0 Å². The van der Waals surface area contributed by atoms with Crippen molar-refractivity contribution in [2.24, 2.45) is 0 Å². The van der Waals surface area contributed by atoms with E-state index >= 15 is 0 Å². The fourth-order valence-electron chi connectivity index (χ4n) is 0. The van der Waals surface area contributed by atoms with E-state index in [1.807, 2.05) is 0 Å². The van der Waals surface area contributed by atoms with Crippen LogP contribution in [0.15, 0.2) is 0 Å². The summed E-state index contributed by atoms with van der Waals surface area (Å²) in [6.07, 6.45) is 0. The Bertz CT molecular complexity index is 341. The second-order valence-corrected chi connectivity index (χ2v) is 3.79. The van der Waals surface area contributed by atoms with E-state index in [-0.39, 0.29) is 33.6 Å². The molecule has 0 heterocycles. The fraction of sp³-hybridized carbons (Fsp3) is 0. The van der Waals surface area contributed by atoms with Crippen LogP contribution in [0.2, 0.25) is 0 Å². The van der Waals surface area contributed by atoms with E-state index in [4.69, 9.17) is 52.6 Å². The van der Waals surface area contributed by atoms with E-state index in [1.54, 1.807) is 0 Å². The van der Waals surface area contributed by atoms with E-state index in [2.05, 4.69) is 0 Å². The maximum Gasteiger partial charge on any atom is 2.00 e. The molecular weight excluding hydrogens is 406 g/mol. The summed E-state index contributed by atoms with van der Waals surface area (Å²) in [6, 6.07) is 0. The summed E-state index contributed by atoms with van der Waals surface area (Å²) >= 11 is 0. The molecule has 12 nitrogen and oxygen atoms in total. The third-order valence-electron chi connectivity index (χ3n) is 0. The number of hydrogen-bond donors (Lipinski definition) is 2. The van der Waals surface area contributed by atoms with Crippen molar-refractivity contribution in [1.29, 1.82) is 0 Å². The van der Waals surface area contributed by atoms with Crippen molar-refractivity contribution < 1.29 is 86.1 Å². The molecule has 0 aromatic heterocycles. The van der Waals surface area contributed by atoms with Crippen LogP contribution >= 0.6 is 0 Å². The molecule has 2 radical (unpaired) electrons. The third kappa shape index (κ3) is 9160. The van der Waals surface area contributed by atoms with Crippen LogP contribution in [0.25, 0.3) is 0 Å². The van der Waals surface area contributed by atoms with Crippen LogP contribution in [0.4, 0.5) is 0 Å². The van der Waals surface area contributed by atoms with Gasteiger partial charge < -0.3 is 18.2 Å². The van der Waals surface area contributed by atoms with E-state index in [0.717, 1.165) is 0 Å². The van der Waals surface area contributed by atoms with Crippen molar-refractivity contribution >= 4 is 31.2 Å². The molecule has 0 fully saturated rings. The average molecular weight is 408 g/mol. The Kier molecular flexibility index (Phi) is 21.0. The summed E-state index contributed by atoms with van der Waals surface area (Å²) < 4.78 is 99.7. The maximum atomic E-state index is 8.74. The molecule has 0 aliphatic rings. The van der Waals surface area contributed by atoms with Gasteiger partial charge in [-0.2, -0.15) is 8.42 Å². The molecule has 0 unspecified atom stereocenters. The van der Waals surface area contributed by atoms with Crippen LogP contribution < -0.4 is 0 Å². The molecule has 0 saturated carbocycles. The Hall–Kier alpha value is 0.623. The molecule has 0 aliphatic heterocycles. The van der Waals surface area contributed by atoms with Gasteiger partial charge in [-0.25, -0.2) is 0 Å². The van der Waals surface area contributed by atoms with Crippen LogP contribution in [0.1, 0.15) is 0 Å². The van der Waals surface area contributed by atoms with Crippen molar-refractivity contribution in [2.45, 2.75) is 0 Å². The smallest absolute Gasteiger partial charge is 0.759 e. The van der Waals surface area contributed by atoms with Gasteiger partial charge >= 0.3 is 44.0 Å². The second kappa shape index (κ2) is 11.7. The molecule has 0 bridgehead atoms. The molecule has 2 N–H and O–H groups in total. The summed E-state index contributed by atoms with van der Waals surface area (Å²) in [5.74, 6) is 0. The molecule has 110 valence electrons. The first kappa shape index (κ1) is 30.6. The van der Waals surface area contributed by atoms with Gasteiger partial charge in [0.25, 0.3) is 0 Å². The minimum atomic E-state index is -5.17. The molecule has 0 aromatic carbocycles. The van der Waals surface area contributed by atoms with Crippen LogP contribution in [0.5, 0.6) is 0 Å². The minimum Gasteiger partial charge on any atom is -0.759 e. The average Bonchev–Trinajstić information content (AvgIpc) is 1.41. The van der Waals surface area contributed by atoms with Gasteiger partial charge in [0.2, 0.25) is 0 Å². The first-order valence-corrected chi connectivity index (χ1v) is 6.10.